The average Bonchev–Trinajstić information content (AvgIpc) is 2.91. The Morgan fingerprint density at radius 1 is 0.474 bits per heavy atom. The Morgan fingerprint density at radius 3 is 1.08 bits per heavy atom. The van der Waals surface area contributed by atoms with Gasteiger partial charge in [-0.05, 0) is 86.1 Å². The molecule has 2 nitrogen and oxygen atoms in total. The van der Waals surface area contributed by atoms with Gasteiger partial charge in [-0.15, -0.1) is 0 Å². The van der Waals surface area contributed by atoms with E-state index in [1.165, 1.54) is 147 Å². The first-order chi connectivity index (χ1) is 18.5. The monoisotopic (exact) mass is 554 g/mol. The molecular formula is C34H54N2S2. The standard InChI is InChI=1S/C34H54N2S2/c1-7-11-15-19-35(20-16-12-8-2)31-25-29-30-26-32(36(21-17-13-9-3)22-18-14-10-4)28(6)24-34(30)38-37-33(29)23-27(31)5/h23-26H,7-22H2,1-6H3. The quantitative estimate of drug-likeness (QED) is 0.133. The molecule has 4 heteroatoms. The Bertz CT molecular complexity index is 887. The molecule has 0 aromatic heterocycles. The molecule has 0 unspecified atom stereocenters. The first-order valence-electron chi connectivity index (χ1n) is 15.7. The molecule has 0 N–H and O–H groups in total. The number of hydrogen-bond donors (Lipinski definition) is 0. The maximum absolute atomic E-state index is 2.70. The van der Waals surface area contributed by atoms with Crippen molar-refractivity contribution in [2.45, 2.75) is 128 Å². The van der Waals surface area contributed by atoms with Gasteiger partial charge in [0.05, 0.1) is 0 Å². The number of aryl methyl sites for hydroxylation is 2. The zero-order chi connectivity index (χ0) is 27.3. The molecule has 2 aromatic rings. The molecule has 1 aliphatic heterocycles. The predicted octanol–water partition coefficient (Wildman–Crippen LogP) is 11.5. The lowest BCUT2D eigenvalue weighted by molar-refractivity contribution is 0.635. The van der Waals surface area contributed by atoms with Crippen molar-refractivity contribution in [3.63, 3.8) is 0 Å². The van der Waals surface area contributed by atoms with Crippen LogP contribution in [0.2, 0.25) is 0 Å². The van der Waals surface area contributed by atoms with E-state index in [9.17, 15) is 0 Å². The van der Waals surface area contributed by atoms with E-state index < -0.39 is 0 Å². The first-order valence-corrected chi connectivity index (χ1v) is 17.8. The third kappa shape index (κ3) is 8.62. The number of fused-ring (bicyclic) bond motifs is 3. The van der Waals surface area contributed by atoms with E-state index in [-0.39, 0.29) is 0 Å². The summed E-state index contributed by atoms with van der Waals surface area (Å²) in [5.41, 5.74) is 8.67. The molecular weight excluding hydrogens is 501 g/mol. The molecule has 0 saturated carbocycles. The molecule has 38 heavy (non-hydrogen) atoms. The largest absolute Gasteiger partial charge is 0.371 e. The summed E-state index contributed by atoms with van der Waals surface area (Å²) in [6.45, 7) is 18.6. The number of nitrogens with zero attached hydrogens (tertiary/aromatic N) is 2. The number of unbranched alkanes of at least 4 members (excludes halogenated alkanes) is 8. The molecule has 0 atom stereocenters. The third-order valence-electron chi connectivity index (χ3n) is 7.92. The van der Waals surface area contributed by atoms with Crippen molar-refractivity contribution in [3.8, 4) is 11.1 Å². The Kier molecular flexibility index (Phi) is 13.8. The van der Waals surface area contributed by atoms with Crippen molar-refractivity contribution in [1.82, 2.24) is 0 Å². The van der Waals surface area contributed by atoms with Crippen LogP contribution in [0.4, 0.5) is 11.4 Å². The summed E-state index contributed by atoms with van der Waals surface area (Å²) in [5.74, 6) is 0. The second-order valence-electron chi connectivity index (χ2n) is 11.2. The van der Waals surface area contributed by atoms with E-state index in [0.717, 1.165) is 0 Å². The van der Waals surface area contributed by atoms with Crippen LogP contribution >= 0.6 is 21.6 Å². The van der Waals surface area contributed by atoms with Crippen LogP contribution in [0.5, 0.6) is 0 Å². The summed E-state index contributed by atoms with van der Waals surface area (Å²) >= 11 is 0. The van der Waals surface area contributed by atoms with Gasteiger partial charge in [-0.3, -0.25) is 0 Å². The summed E-state index contributed by atoms with van der Waals surface area (Å²) < 4.78 is 0. The van der Waals surface area contributed by atoms with Gasteiger partial charge in [0.25, 0.3) is 0 Å². The van der Waals surface area contributed by atoms with Crippen molar-refractivity contribution >= 4 is 33.0 Å². The first kappa shape index (κ1) is 31.3. The molecule has 0 amide bonds. The minimum Gasteiger partial charge on any atom is -0.371 e. The van der Waals surface area contributed by atoms with Crippen LogP contribution in [0.15, 0.2) is 34.1 Å². The Labute approximate surface area is 243 Å². The number of rotatable bonds is 18. The highest BCUT2D eigenvalue weighted by Crippen LogP contribution is 2.54. The summed E-state index contributed by atoms with van der Waals surface area (Å²) in [4.78, 5) is 8.27. The van der Waals surface area contributed by atoms with Crippen LogP contribution in [0.3, 0.4) is 0 Å². The molecule has 0 aliphatic carbocycles. The van der Waals surface area contributed by atoms with Gasteiger partial charge in [-0.25, -0.2) is 0 Å². The van der Waals surface area contributed by atoms with Gasteiger partial charge < -0.3 is 9.80 Å². The second kappa shape index (κ2) is 16.8. The Hall–Kier alpha value is -1.26. The third-order valence-corrected chi connectivity index (χ3v) is 10.4. The number of anilines is 2. The molecule has 1 aliphatic rings. The van der Waals surface area contributed by atoms with Crippen LogP contribution in [-0.4, -0.2) is 26.2 Å². The van der Waals surface area contributed by atoms with Gasteiger partial charge in [-0.1, -0.05) is 101 Å². The van der Waals surface area contributed by atoms with Crippen LogP contribution in [0.25, 0.3) is 11.1 Å². The fraction of sp³-hybridized carbons (Fsp3) is 0.647. The normalized spacial score (nSPS) is 12.4. The molecule has 0 radical (unpaired) electrons. The summed E-state index contributed by atoms with van der Waals surface area (Å²) in [6.07, 6.45) is 15.5. The van der Waals surface area contributed by atoms with E-state index in [1.807, 2.05) is 21.6 Å². The van der Waals surface area contributed by atoms with E-state index in [4.69, 9.17) is 0 Å². The summed E-state index contributed by atoms with van der Waals surface area (Å²) in [5, 5.41) is 0. The highest BCUT2D eigenvalue weighted by Gasteiger charge is 2.23. The van der Waals surface area contributed by atoms with Gasteiger partial charge in [0.2, 0.25) is 0 Å². The lowest BCUT2D eigenvalue weighted by atomic mass is 9.98. The number of hydrogen-bond acceptors (Lipinski definition) is 4. The maximum Gasteiger partial charge on any atom is 0.0402 e. The lowest BCUT2D eigenvalue weighted by Gasteiger charge is -2.31. The smallest absolute Gasteiger partial charge is 0.0402 e. The molecule has 1 heterocycles. The maximum atomic E-state index is 2.70. The van der Waals surface area contributed by atoms with Gasteiger partial charge in [0, 0.05) is 47.3 Å². The van der Waals surface area contributed by atoms with E-state index in [2.05, 4.69) is 75.6 Å². The molecule has 3 rings (SSSR count). The topological polar surface area (TPSA) is 6.48 Å². The summed E-state index contributed by atoms with van der Waals surface area (Å²) in [6, 6.07) is 10.0. The van der Waals surface area contributed by atoms with Crippen LogP contribution in [0.1, 0.15) is 116 Å². The van der Waals surface area contributed by atoms with Crippen molar-refractivity contribution in [2.75, 3.05) is 36.0 Å². The fourth-order valence-corrected chi connectivity index (χ4v) is 8.10. The summed E-state index contributed by atoms with van der Waals surface area (Å²) in [7, 11) is 3.90. The molecule has 212 valence electrons. The van der Waals surface area contributed by atoms with Crippen LogP contribution in [-0.2, 0) is 0 Å². The van der Waals surface area contributed by atoms with Gasteiger partial charge in [-0.2, -0.15) is 0 Å². The van der Waals surface area contributed by atoms with Crippen molar-refractivity contribution in [1.29, 1.82) is 0 Å². The van der Waals surface area contributed by atoms with E-state index in [0.29, 0.717) is 0 Å². The number of benzene rings is 2. The minimum atomic E-state index is 1.17. The zero-order valence-electron chi connectivity index (χ0n) is 25.3. The van der Waals surface area contributed by atoms with Crippen molar-refractivity contribution < 1.29 is 0 Å². The van der Waals surface area contributed by atoms with Crippen molar-refractivity contribution in [2.24, 2.45) is 0 Å². The predicted molar refractivity (Wildman–Crippen MR) is 176 cm³/mol. The average molecular weight is 555 g/mol. The highest BCUT2D eigenvalue weighted by atomic mass is 33.1. The fourth-order valence-electron chi connectivity index (χ4n) is 5.59. The van der Waals surface area contributed by atoms with Crippen LogP contribution < -0.4 is 9.80 Å². The SMILES string of the molecule is CCCCCN(CCCCC)c1cc2c(cc1C)SSc1cc(C)c(N(CCCCC)CCCCC)cc1-2. The van der Waals surface area contributed by atoms with Gasteiger partial charge in [0.1, 0.15) is 0 Å². The molecule has 0 bridgehead atoms. The molecule has 0 spiro atoms. The van der Waals surface area contributed by atoms with E-state index in [1.54, 1.807) is 0 Å². The van der Waals surface area contributed by atoms with Gasteiger partial charge in [0.15, 0.2) is 0 Å². The molecule has 0 saturated heterocycles. The molecule has 0 fully saturated rings. The van der Waals surface area contributed by atoms with E-state index >= 15 is 0 Å². The zero-order valence-corrected chi connectivity index (χ0v) is 27.0. The minimum absolute atomic E-state index is 1.17. The van der Waals surface area contributed by atoms with Crippen LogP contribution in [0, 0.1) is 13.8 Å². The van der Waals surface area contributed by atoms with Crippen molar-refractivity contribution in [3.05, 3.63) is 35.4 Å². The lowest BCUT2D eigenvalue weighted by Crippen LogP contribution is -2.27. The highest BCUT2D eigenvalue weighted by molar-refractivity contribution is 8.76. The second-order valence-corrected chi connectivity index (χ2v) is 13.5. The Balaban J connectivity index is 1.99. The molecule has 2 aromatic carbocycles. The van der Waals surface area contributed by atoms with Gasteiger partial charge >= 0.3 is 0 Å². The Morgan fingerprint density at radius 2 is 0.789 bits per heavy atom.